The monoisotopic (exact) mass is 256 g/mol. The van der Waals surface area contributed by atoms with Crippen LogP contribution in [0.1, 0.15) is 34.8 Å². The molecule has 0 amide bonds. The highest BCUT2D eigenvalue weighted by molar-refractivity contribution is 6.01. The van der Waals surface area contributed by atoms with Gasteiger partial charge in [-0.25, -0.2) is 0 Å². The molecule has 0 fully saturated rings. The molecule has 0 saturated carbocycles. The second-order valence-electron chi connectivity index (χ2n) is 4.70. The number of ether oxygens (including phenoxy) is 1. The maximum atomic E-state index is 11.7. The minimum Gasteiger partial charge on any atom is -0.488 e. The Hall–Kier alpha value is -2.10. The molecule has 2 aromatic rings. The normalized spacial score (nSPS) is 13.6. The van der Waals surface area contributed by atoms with Crippen LogP contribution in [-0.4, -0.2) is 15.6 Å². The summed E-state index contributed by atoms with van der Waals surface area (Å²) in [6.07, 6.45) is 5.19. The topological polar surface area (TPSA) is 44.1 Å². The molecule has 0 aliphatic heterocycles. The zero-order valence-corrected chi connectivity index (χ0v) is 10.9. The molecule has 0 spiro atoms. The van der Waals surface area contributed by atoms with E-state index in [1.54, 1.807) is 0 Å². The van der Waals surface area contributed by atoms with Gasteiger partial charge in [0.15, 0.2) is 5.78 Å². The van der Waals surface area contributed by atoms with Gasteiger partial charge < -0.3 is 4.74 Å². The van der Waals surface area contributed by atoms with E-state index in [2.05, 4.69) is 5.10 Å². The van der Waals surface area contributed by atoms with Gasteiger partial charge in [0.05, 0.1) is 6.20 Å². The third kappa shape index (κ3) is 2.26. The number of fused-ring (bicyclic) bond motifs is 1. The van der Waals surface area contributed by atoms with Gasteiger partial charge in [0, 0.05) is 35.9 Å². The van der Waals surface area contributed by atoms with E-state index in [4.69, 9.17) is 4.74 Å². The molecule has 4 heteroatoms. The lowest BCUT2D eigenvalue weighted by molar-refractivity contribution is 0.0994. The van der Waals surface area contributed by atoms with Crippen molar-refractivity contribution in [2.45, 2.75) is 32.9 Å². The summed E-state index contributed by atoms with van der Waals surface area (Å²) in [7, 11) is 0. The van der Waals surface area contributed by atoms with Gasteiger partial charge in [-0.3, -0.25) is 9.48 Å². The first-order valence-corrected chi connectivity index (χ1v) is 6.57. The molecule has 1 heterocycles. The molecule has 0 atom stereocenters. The average molecular weight is 256 g/mol. The molecular weight excluding hydrogens is 240 g/mol. The van der Waals surface area contributed by atoms with Crippen LogP contribution in [0.2, 0.25) is 0 Å². The molecule has 0 N–H and O–H groups in total. The number of carbonyl (C=O) groups is 1. The first-order chi connectivity index (χ1) is 9.28. The largest absolute Gasteiger partial charge is 0.488 e. The van der Waals surface area contributed by atoms with E-state index >= 15 is 0 Å². The van der Waals surface area contributed by atoms with Crippen LogP contribution in [-0.2, 0) is 19.6 Å². The molecule has 0 saturated heterocycles. The molecule has 3 rings (SSSR count). The number of rotatable bonds is 4. The van der Waals surface area contributed by atoms with E-state index in [-0.39, 0.29) is 5.78 Å². The quantitative estimate of drug-likeness (QED) is 0.844. The van der Waals surface area contributed by atoms with Gasteiger partial charge in [0.2, 0.25) is 0 Å². The second kappa shape index (κ2) is 4.88. The Kier molecular flexibility index (Phi) is 3.07. The van der Waals surface area contributed by atoms with Gasteiger partial charge in [0.25, 0.3) is 0 Å². The molecular formula is C15H16N2O2. The van der Waals surface area contributed by atoms with E-state index in [9.17, 15) is 4.79 Å². The van der Waals surface area contributed by atoms with Crippen molar-refractivity contribution < 1.29 is 9.53 Å². The van der Waals surface area contributed by atoms with Crippen LogP contribution in [0.4, 0.5) is 0 Å². The lowest BCUT2D eigenvalue weighted by Crippen LogP contribution is -1.98. The number of Topliss-reactive ketones (excluding diaryl/α,β-unsaturated/α-hetero) is 1. The van der Waals surface area contributed by atoms with Gasteiger partial charge in [-0.05, 0) is 19.4 Å². The average Bonchev–Trinajstić information content (AvgIpc) is 3.04. The maximum Gasteiger partial charge on any atom is 0.163 e. The van der Waals surface area contributed by atoms with E-state index < -0.39 is 0 Å². The molecule has 98 valence electrons. The minimum absolute atomic E-state index is 0.222. The van der Waals surface area contributed by atoms with E-state index in [1.807, 2.05) is 42.2 Å². The van der Waals surface area contributed by atoms with Gasteiger partial charge in [0.1, 0.15) is 12.4 Å². The second-order valence-corrected chi connectivity index (χ2v) is 4.70. The van der Waals surface area contributed by atoms with Crippen molar-refractivity contribution >= 4 is 5.78 Å². The van der Waals surface area contributed by atoms with Gasteiger partial charge in [-0.15, -0.1) is 0 Å². The molecule has 4 nitrogen and oxygen atoms in total. The summed E-state index contributed by atoms with van der Waals surface area (Å²) >= 11 is 0. The first-order valence-electron chi connectivity index (χ1n) is 6.57. The molecule has 19 heavy (non-hydrogen) atoms. The van der Waals surface area contributed by atoms with Crippen LogP contribution in [0.5, 0.6) is 5.75 Å². The predicted molar refractivity (Wildman–Crippen MR) is 71.3 cm³/mol. The summed E-state index contributed by atoms with van der Waals surface area (Å²) in [4.78, 5) is 11.7. The van der Waals surface area contributed by atoms with Crippen molar-refractivity contribution in [1.82, 2.24) is 9.78 Å². The van der Waals surface area contributed by atoms with Gasteiger partial charge >= 0.3 is 0 Å². The van der Waals surface area contributed by atoms with Crippen LogP contribution < -0.4 is 4.74 Å². The van der Waals surface area contributed by atoms with Crippen LogP contribution in [0.25, 0.3) is 0 Å². The smallest absolute Gasteiger partial charge is 0.163 e. The zero-order valence-electron chi connectivity index (χ0n) is 10.9. The fourth-order valence-electron chi connectivity index (χ4n) is 2.41. The number of hydrogen-bond donors (Lipinski definition) is 0. The SMILES string of the molecule is CCn1cc(COc2cccc3c2CCC3=O)cn1. The number of nitrogens with zero attached hydrogens (tertiary/aromatic N) is 2. The van der Waals surface area contributed by atoms with Crippen molar-refractivity contribution in [3.8, 4) is 5.75 Å². The fourth-order valence-corrected chi connectivity index (χ4v) is 2.41. The zero-order chi connectivity index (χ0) is 13.2. The molecule has 0 unspecified atom stereocenters. The molecule has 1 aromatic carbocycles. The molecule has 1 aliphatic rings. The summed E-state index contributed by atoms with van der Waals surface area (Å²) in [6, 6.07) is 5.70. The summed E-state index contributed by atoms with van der Waals surface area (Å²) in [6.45, 7) is 3.40. The number of aryl methyl sites for hydroxylation is 1. The lowest BCUT2D eigenvalue weighted by atomic mass is 10.1. The molecule has 1 aromatic heterocycles. The Labute approximate surface area is 112 Å². The number of hydrogen-bond acceptors (Lipinski definition) is 3. The minimum atomic E-state index is 0.222. The molecule has 1 aliphatic carbocycles. The van der Waals surface area contributed by atoms with Gasteiger partial charge in [-0.2, -0.15) is 5.10 Å². The highest BCUT2D eigenvalue weighted by Crippen LogP contribution is 2.30. The third-order valence-electron chi connectivity index (χ3n) is 3.44. The lowest BCUT2D eigenvalue weighted by Gasteiger charge is -2.09. The Balaban J connectivity index is 1.76. The third-order valence-corrected chi connectivity index (χ3v) is 3.44. The number of carbonyl (C=O) groups excluding carboxylic acids is 1. The van der Waals surface area contributed by atoms with Crippen LogP contribution in [0.15, 0.2) is 30.6 Å². The molecule has 0 radical (unpaired) electrons. The van der Waals surface area contributed by atoms with Gasteiger partial charge in [-0.1, -0.05) is 12.1 Å². The fraction of sp³-hybridized carbons (Fsp3) is 0.333. The standard InChI is InChI=1S/C15H16N2O2/c1-2-17-9-11(8-16-17)10-19-15-5-3-4-12-13(15)6-7-14(12)18/h3-5,8-9H,2,6-7,10H2,1H3. The first kappa shape index (κ1) is 12.0. The summed E-state index contributed by atoms with van der Waals surface area (Å²) in [5.41, 5.74) is 2.92. The highest BCUT2D eigenvalue weighted by Gasteiger charge is 2.22. The number of benzene rings is 1. The Morgan fingerprint density at radius 2 is 2.26 bits per heavy atom. The summed E-state index contributed by atoms with van der Waals surface area (Å²) in [5.74, 6) is 1.05. The van der Waals surface area contributed by atoms with E-state index in [1.165, 1.54) is 0 Å². The summed E-state index contributed by atoms with van der Waals surface area (Å²) in [5, 5.41) is 4.21. The Morgan fingerprint density at radius 3 is 3.05 bits per heavy atom. The van der Waals surface area contributed by atoms with E-state index in [0.717, 1.165) is 35.4 Å². The highest BCUT2D eigenvalue weighted by atomic mass is 16.5. The predicted octanol–water partition coefficient (Wildman–Crippen LogP) is 2.61. The number of aromatic nitrogens is 2. The van der Waals surface area contributed by atoms with Crippen molar-refractivity contribution in [3.63, 3.8) is 0 Å². The van der Waals surface area contributed by atoms with Crippen molar-refractivity contribution in [3.05, 3.63) is 47.3 Å². The van der Waals surface area contributed by atoms with Crippen molar-refractivity contribution in [2.24, 2.45) is 0 Å². The van der Waals surface area contributed by atoms with Crippen LogP contribution in [0, 0.1) is 0 Å². The van der Waals surface area contributed by atoms with E-state index in [0.29, 0.717) is 13.0 Å². The summed E-state index contributed by atoms with van der Waals surface area (Å²) < 4.78 is 7.71. The number of ketones is 1. The van der Waals surface area contributed by atoms with Crippen molar-refractivity contribution in [2.75, 3.05) is 0 Å². The molecule has 0 bridgehead atoms. The van der Waals surface area contributed by atoms with Crippen molar-refractivity contribution in [1.29, 1.82) is 0 Å². The maximum absolute atomic E-state index is 11.7. The van der Waals surface area contributed by atoms with Crippen LogP contribution >= 0.6 is 0 Å². The Bertz CT molecular complexity index is 616. The van der Waals surface area contributed by atoms with Crippen LogP contribution in [0.3, 0.4) is 0 Å². The Morgan fingerprint density at radius 1 is 1.37 bits per heavy atom.